The Morgan fingerprint density at radius 2 is 2.06 bits per heavy atom. The van der Waals surface area contributed by atoms with Gasteiger partial charge in [-0.25, -0.2) is 4.98 Å². The first-order valence-corrected chi connectivity index (χ1v) is 6.53. The molecule has 0 saturated heterocycles. The van der Waals surface area contributed by atoms with E-state index in [1.165, 1.54) is 24.1 Å². The highest BCUT2D eigenvalue weighted by Gasteiger charge is 2.20. The third-order valence-corrected chi connectivity index (χ3v) is 3.68. The fourth-order valence-corrected chi connectivity index (χ4v) is 2.33. The Hall–Kier alpha value is -1.35. The highest BCUT2D eigenvalue weighted by Crippen LogP contribution is 2.29. The lowest BCUT2D eigenvalue weighted by molar-refractivity contribution is 0.889. The van der Waals surface area contributed by atoms with E-state index >= 15 is 0 Å². The molecular weight excluding hydrogens is 216 g/mol. The van der Waals surface area contributed by atoms with Gasteiger partial charge in [-0.15, -0.1) is 11.3 Å². The molecule has 1 N–H and O–H groups in total. The van der Waals surface area contributed by atoms with Crippen molar-refractivity contribution in [2.24, 2.45) is 5.92 Å². The van der Waals surface area contributed by atoms with Gasteiger partial charge in [-0.3, -0.25) is 0 Å². The number of nitrogens with one attached hydrogen (secondary N) is 1. The van der Waals surface area contributed by atoms with Gasteiger partial charge in [0.1, 0.15) is 5.01 Å². The van der Waals surface area contributed by atoms with Crippen molar-refractivity contribution < 1.29 is 0 Å². The number of hydrogen-bond acceptors (Lipinski definition) is 3. The molecule has 1 aliphatic carbocycles. The average Bonchev–Trinajstić information content (AvgIpc) is 3.00. The van der Waals surface area contributed by atoms with Crippen LogP contribution in [0, 0.1) is 5.92 Å². The van der Waals surface area contributed by atoms with Crippen LogP contribution in [-0.2, 0) is 0 Å². The summed E-state index contributed by atoms with van der Waals surface area (Å²) >= 11 is 1.68. The second-order valence-electron chi connectivity index (χ2n) is 4.24. The van der Waals surface area contributed by atoms with Crippen LogP contribution in [0.3, 0.4) is 0 Å². The number of nitrogens with zero attached hydrogens (tertiary/aromatic N) is 1. The molecule has 0 amide bonds. The van der Waals surface area contributed by atoms with Crippen molar-refractivity contribution in [3.05, 3.63) is 35.8 Å². The van der Waals surface area contributed by atoms with E-state index in [1.54, 1.807) is 11.3 Å². The molecule has 1 aromatic heterocycles. The Balaban J connectivity index is 1.69. The molecule has 0 unspecified atom stereocenters. The molecule has 1 heterocycles. The summed E-state index contributed by atoms with van der Waals surface area (Å²) in [7, 11) is 0. The van der Waals surface area contributed by atoms with Crippen molar-refractivity contribution in [1.29, 1.82) is 0 Å². The lowest BCUT2D eigenvalue weighted by Gasteiger charge is -2.05. The second-order valence-corrected chi connectivity index (χ2v) is 5.13. The maximum absolute atomic E-state index is 4.30. The molecule has 3 heteroatoms. The van der Waals surface area contributed by atoms with E-state index in [4.69, 9.17) is 0 Å². The molecule has 0 radical (unpaired) electrons. The van der Waals surface area contributed by atoms with Crippen LogP contribution in [0.2, 0.25) is 0 Å². The van der Waals surface area contributed by atoms with Gasteiger partial charge in [-0.2, -0.15) is 0 Å². The Bertz CT molecular complexity index is 443. The smallest absolute Gasteiger partial charge is 0.123 e. The molecule has 1 aromatic carbocycles. The molecule has 3 rings (SSSR count). The Morgan fingerprint density at radius 1 is 1.25 bits per heavy atom. The summed E-state index contributed by atoms with van der Waals surface area (Å²) in [4.78, 5) is 4.30. The van der Waals surface area contributed by atoms with Gasteiger partial charge in [0.2, 0.25) is 0 Å². The van der Waals surface area contributed by atoms with Crippen LogP contribution in [0.25, 0.3) is 10.6 Å². The fourth-order valence-electron chi connectivity index (χ4n) is 1.68. The Kier molecular flexibility index (Phi) is 2.62. The molecule has 0 aliphatic heterocycles. The molecule has 82 valence electrons. The molecule has 1 fully saturated rings. The van der Waals surface area contributed by atoms with Gasteiger partial charge in [0, 0.05) is 29.4 Å². The SMILES string of the molecule is c1csc(-c2ccc(NCC3CC3)cc2)n1. The molecule has 1 aliphatic rings. The van der Waals surface area contributed by atoms with Gasteiger partial charge in [0.05, 0.1) is 0 Å². The second kappa shape index (κ2) is 4.26. The van der Waals surface area contributed by atoms with Crippen LogP contribution in [0.15, 0.2) is 35.8 Å². The quantitative estimate of drug-likeness (QED) is 0.867. The van der Waals surface area contributed by atoms with Crippen LogP contribution in [0.5, 0.6) is 0 Å². The summed E-state index contributed by atoms with van der Waals surface area (Å²) < 4.78 is 0. The molecule has 0 bridgehead atoms. The lowest BCUT2D eigenvalue weighted by atomic mass is 10.2. The number of rotatable bonds is 4. The van der Waals surface area contributed by atoms with Gasteiger partial charge >= 0.3 is 0 Å². The van der Waals surface area contributed by atoms with Crippen LogP contribution in [0.1, 0.15) is 12.8 Å². The molecular formula is C13H14N2S. The fraction of sp³-hybridized carbons (Fsp3) is 0.308. The van der Waals surface area contributed by atoms with Gasteiger partial charge < -0.3 is 5.32 Å². The summed E-state index contributed by atoms with van der Waals surface area (Å²) in [6, 6.07) is 8.54. The highest BCUT2D eigenvalue weighted by atomic mass is 32.1. The van der Waals surface area contributed by atoms with Crippen LogP contribution >= 0.6 is 11.3 Å². The molecule has 1 saturated carbocycles. The minimum Gasteiger partial charge on any atom is -0.385 e. The van der Waals surface area contributed by atoms with Crippen molar-refractivity contribution in [1.82, 2.24) is 4.98 Å². The van der Waals surface area contributed by atoms with Crippen molar-refractivity contribution in [2.45, 2.75) is 12.8 Å². The topological polar surface area (TPSA) is 24.9 Å². The van der Waals surface area contributed by atoms with Crippen molar-refractivity contribution in [3.63, 3.8) is 0 Å². The average molecular weight is 230 g/mol. The van der Waals surface area contributed by atoms with E-state index < -0.39 is 0 Å². The summed E-state index contributed by atoms with van der Waals surface area (Å²) in [6.07, 6.45) is 4.63. The number of aromatic nitrogens is 1. The monoisotopic (exact) mass is 230 g/mol. The maximum Gasteiger partial charge on any atom is 0.123 e. The molecule has 2 aromatic rings. The highest BCUT2D eigenvalue weighted by molar-refractivity contribution is 7.13. The van der Waals surface area contributed by atoms with Crippen LogP contribution in [-0.4, -0.2) is 11.5 Å². The zero-order valence-corrected chi connectivity index (χ0v) is 9.83. The molecule has 0 atom stereocenters. The zero-order valence-electron chi connectivity index (χ0n) is 9.02. The van der Waals surface area contributed by atoms with Gasteiger partial charge in [-0.1, -0.05) is 0 Å². The Labute approximate surface area is 99.4 Å². The summed E-state index contributed by atoms with van der Waals surface area (Å²) in [5.74, 6) is 0.915. The largest absolute Gasteiger partial charge is 0.385 e. The van der Waals surface area contributed by atoms with Crippen molar-refractivity contribution >= 4 is 17.0 Å². The minimum atomic E-state index is 0.915. The molecule has 0 spiro atoms. The van der Waals surface area contributed by atoms with E-state index in [0.717, 1.165) is 17.5 Å². The van der Waals surface area contributed by atoms with Crippen LogP contribution < -0.4 is 5.32 Å². The maximum atomic E-state index is 4.30. The molecule has 2 nitrogen and oxygen atoms in total. The van der Waals surface area contributed by atoms with Gasteiger partial charge in [-0.05, 0) is 43.0 Å². The lowest BCUT2D eigenvalue weighted by Crippen LogP contribution is -2.02. The van der Waals surface area contributed by atoms with E-state index in [0.29, 0.717) is 0 Å². The van der Waals surface area contributed by atoms with Crippen LogP contribution in [0.4, 0.5) is 5.69 Å². The summed E-state index contributed by atoms with van der Waals surface area (Å²) in [5, 5.41) is 6.56. The number of thiazole rings is 1. The first-order chi connectivity index (χ1) is 7.92. The third kappa shape index (κ3) is 2.25. The zero-order chi connectivity index (χ0) is 10.8. The number of hydrogen-bond donors (Lipinski definition) is 1. The van der Waals surface area contributed by atoms with Gasteiger partial charge in [0.25, 0.3) is 0 Å². The van der Waals surface area contributed by atoms with E-state index in [2.05, 4.69) is 34.6 Å². The van der Waals surface area contributed by atoms with E-state index in [1.807, 2.05) is 11.6 Å². The van der Waals surface area contributed by atoms with Crippen molar-refractivity contribution in [3.8, 4) is 10.6 Å². The van der Waals surface area contributed by atoms with E-state index in [-0.39, 0.29) is 0 Å². The van der Waals surface area contributed by atoms with Crippen molar-refractivity contribution in [2.75, 3.05) is 11.9 Å². The first-order valence-electron chi connectivity index (χ1n) is 5.65. The summed E-state index contributed by atoms with van der Waals surface area (Å²) in [6.45, 7) is 1.12. The number of anilines is 1. The minimum absolute atomic E-state index is 0.915. The molecule has 16 heavy (non-hydrogen) atoms. The predicted molar refractivity (Wildman–Crippen MR) is 68.8 cm³/mol. The van der Waals surface area contributed by atoms with E-state index in [9.17, 15) is 0 Å². The summed E-state index contributed by atoms with van der Waals surface area (Å²) in [5.41, 5.74) is 2.42. The predicted octanol–water partition coefficient (Wildman–Crippen LogP) is 3.63. The standard InChI is InChI=1S/C13H14N2S/c1-2-10(1)9-15-12-5-3-11(4-6-12)13-14-7-8-16-13/h3-8,10,15H,1-2,9H2. The number of benzene rings is 1. The first kappa shape index (κ1) is 9.85. The van der Waals surface area contributed by atoms with Gasteiger partial charge in [0.15, 0.2) is 0 Å². The Morgan fingerprint density at radius 3 is 2.69 bits per heavy atom. The normalized spacial score (nSPS) is 15.0. The third-order valence-electron chi connectivity index (χ3n) is 2.86.